The van der Waals surface area contributed by atoms with Crippen LogP contribution >= 0.6 is 0 Å². The molecule has 0 unspecified atom stereocenters. The second-order valence-corrected chi connectivity index (χ2v) is 6.99. The fourth-order valence-electron chi connectivity index (χ4n) is 3.94. The van der Waals surface area contributed by atoms with Gasteiger partial charge < -0.3 is 4.74 Å². The van der Waals surface area contributed by atoms with Gasteiger partial charge in [0.2, 0.25) is 0 Å². The molecule has 0 saturated carbocycles. The average molecular weight is 360 g/mol. The summed E-state index contributed by atoms with van der Waals surface area (Å²) in [6.07, 6.45) is 2.27. The minimum absolute atomic E-state index is 0.679. The largest absolute Gasteiger partial charge is 0.473 e. The molecule has 0 aliphatic carbocycles. The first-order valence-electron chi connectivity index (χ1n) is 9.54. The number of benzene rings is 4. The SMILES string of the molecule is C1=C(c2ccccc2)c2ccccc2OC1(c1ccccc1)c1ccccc1. The monoisotopic (exact) mass is 360 g/mol. The molecule has 0 atom stereocenters. The number of para-hydroxylation sites is 1. The van der Waals surface area contributed by atoms with E-state index in [0.29, 0.717) is 0 Å². The topological polar surface area (TPSA) is 9.23 Å². The number of ether oxygens (including phenoxy) is 1. The van der Waals surface area contributed by atoms with E-state index in [1.54, 1.807) is 0 Å². The summed E-state index contributed by atoms with van der Waals surface area (Å²) in [5.74, 6) is 0.900. The van der Waals surface area contributed by atoms with Crippen molar-refractivity contribution in [3.63, 3.8) is 0 Å². The van der Waals surface area contributed by atoms with Crippen molar-refractivity contribution >= 4 is 5.57 Å². The van der Waals surface area contributed by atoms with E-state index in [1.807, 2.05) is 18.2 Å². The summed E-state index contributed by atoms with van der Waals surface area (Å²) >= 11 is 0. The van der Waals surface area contributed by atoms with Gasteiger partial charge in [-0.1, -0.05) is 109 Å². The molecule has 134 valence electrons. The van der Waals surface area contributed by atoms with Gasteiger partial charge in [0.1, 0.15) is 5.75 Å². The van der Waals surface area contributed by atoms with Crippen LogP contribution in [-0.2, 0) is 5.60 Å². The Morgan fingerprint density at radius 3 is 1.61 bits per heavy atom. The molecule has 1 heterocycles. The van der Waals surface area contributed by atoms with Crippen molar-refractivity contribution < 1.29 is 4.74 Å². The van der Waals surface area contributed by atoms with E-state index in [2.05, 4.69) is 103 Å². The van der Waals surface area contributed by atoms with Gasteiger partial charge >= 0.3 is 0 Å². The van der Waals surface area contributed by atoms with Crippen LogP contribution in [0.2, 0.25) is 0 Å². The second kappa shape index (κ2) is 6.86. The highest BCUT2D eigenvalue weighted by molar-refractivity contribution is 5.85. The molecule has 0 spiro atoms. The van der Waals surface area contributed by atoms with Gasteiger partial charge in [0.05, 0.1) is 0 Å². The van der Waals surface area contributed by atoms with Crippen molar-refractivity contribution in [2.75, 3.05) is 0 Å². The molecule has 4 aromatic rings. The molecule has 0 bridgehead atoms. The number of rotatable bonds is 3. The van der Waals surface area contributed by atoms with E-state index in [9.17, 15) is 0 Å². The molecule has 0 N–H and O–H groups in total. The molecule has 1 aliphatic heterocycles. The summed E-state index contributed by atoms with van der Waals surface area (Å²) < 4.78 is 6.77. The Morgan fingerprint density at radius 2 is 1.00 bits per heavy atom. The molecular formula is C27H20O. The Labute approximate surface area is 165 Å². The predicted octanol–water partition coefficient (Wildman–Crippen LogP) is 6.45. The smallest absolute Gasteiger partial charge is 0.178 e. The lowest BCUT2D eigenvalue weighted by Crippen LogP contribution is -2.35. The highest BCUT2D eigenvalue weighted by atomic mass is 16.5. The zero-order valence-electron chi connectivity index (χ0n) is 15.5. The summed E-state index contributed by atoms with van der Waals surface area (Å²) in [5.41, 5.74) is 5.05. The lowest BCUT2D eigenvalue weighted by atomic mass is 9.80. The standard InChI is InChI=1S/C27H20O/c1-4-12-21(13-5-1)25-20-27(22-14-6-2-7-15-22,23-16-8-3-9-17-23)28-26-19-11-10-18-24(25)26/h1-20H. The van der Waals surface area contributed by atoms with E-state index in [-0.39, 0.29) is 0 Å². The van der Waals surface area contributed by atoms with Crippen molar-refractivity contribution in [1.29, 1.82) is 0 Å². The Hall–Kier alpha value is -3.58. The fraction of sp³-hybridized carbons (Fsp3) is 0.0370. The molecular weight excluding hydrogens is 340 g/mol. The zero-order valence-corrected chi connectivity index (χ0v) is 15.5. The van der Waals surface area contributed by atoms with Gasteiger partial charge in [-0.05, 0) is 23.3 Å². The molecule has 0 fully saturated rings. The normalized spacial score (nSPS) is 14.5. The molecule has 1 heteroatoms. The predicted molar refractivity (Wildman–Crippen MR) is 114 cm³/mol. The van der Waals surface area contributed by atoms with E-state index in [4.69, 9.17) is 4.74 Å². The van der Waals surface area contributed by atoms with Gasteiger partial charge in [0.25, 0.3) is 0 Å². The maximum Gasteiger partial charge on any atom is 0.178 e. The van der Waals surface area contributed by atoms with E-state index in [0.717, 1.165) is 22.4 Å². The van der Waals surface area contributed by atoms with Gasteiger partial charge in [-0.2, -0.15) is 0 Å². The maximum absolute atomic E-state index is 6.77. The van der Waals surface area contributed by atoms with Gasteiger partial charge in [-0.15, -0.1) is 0 Å². The Balaban J connectivity index is 1.83. The molecule has 0 saturated heterocycles. The zero-order chi connectivity index (χ0) is 18.8. The number of hydrogen-bond acceptors (Lipinski definition) is 1. The van der Waals surface area contributed by atoms with Crippen LogP contribution < -0.4 is 4.74 Å². The van der Waals surface area contributed by atoms with Crippen molar-refractivity contribution in [3.05, 3.63) is 144 Å². The van der Waals surface area contributed by atoms with Crippen molar-refractivity contribution in [3.8, 4) is 5.75 Å². The minimum Gasteiger partial charge on any atom is -0.473 e. The third-order valence-corrected chi connectivity index (χ3v) is 5.29. The lowest BCUT2D eigenvalue weighted by Gasteiger charge is -2.38. The maximum atomic E-state index is 6.77. The molecule has 0 amide bonds. The van der Waals surface area contributed by atoms with Crippen molar-refractivity contribution in [2.45, 2.75) is 5.60 Å². The summed E-state index contributed by atoms with van der Waals surface area (Å²) in [4.78, 5) is 0. The number of fused-ring (bicyclic) bond motifs is 1. The third-order valence-electron chi connectivity index (χ3n) is 5.29. The summed E-state index contributed by atoms with van der Waals surface area (Å²) in [7, 11) is 0. The van der Waals surface area contributed by atoms with Gasteiger partial charge in [0, 0.05) is 16.7 Å². The Morgan fingerprint density at radius 1 is 0.500 bits per heavy atom. The van der Waals surface area contributed by atoms with Crippen molar-refractivity contribution in [2.24, 2.45) is 0 Å². The molecule has 0 aromatic heterocycles. The van der Waals surface area contributed by atoms with E-state index >= 15 is 0 Å². The van der Waals surface area contributed by atoms with Crippen LogP contribution in [0, 0.1) is 0 Å². The van der Waals surface area contributed by atoms with Crippen LogP contribution in [0.5, 0.6) is 5.75 Å². The molecule has 0 radical (unpaired) electrons. The first-order chi connectivity index (χ1) is 13.9. The third kappa shape index (κ3) is 2.73. The molecule has 1 aliphatic rings. The molecule has 4 aromatic carbocycles. The first-order valence-corrected chi connectivity index (χ1v) is 9.54. The van der Waals surface area contributed by atoms with E-state index in [1.165, 1.54) is 11.1 Å². The van der Waals surface area contributed by atoms with Gasteiger partial charge in [-0.3, -0.25) is 0 Å². The quantitative estimate of drug-likeness (QED) is 0.408. The molecule has 5 rings (SSSR count). The van der Waals surface area contributed by atoms with Crippen molar-refractivity contribution in [1.82, 2.24) is 0 Å². The molecule has 1 nitrogen and oxygen atoms in total. The average Bonchev–Trinajstić information content (AvgIpc) is 2.80. The lowest BCUT2D eigenvalue weighted by molar-refractivity contribution is 0.160. The van der Waals surface area contributed by atoms with Crippen LogP contribution in [0.15, 0.2) is 121 Å². The second-order valence-electron chi connectivity index (χ2n) is 6.99. The molecule has 28 heavy (non-hydrogen) atoms. The van der Waals surface area contributed by atoms with Crippen LogP contribution in [0.1, 0.15) is 22.3 Å². The summed E-state index contributed by atoms with van der Waals surface area (Å²) in [6, 6.07) is 39.8. The van der Waals surface area contributed by atoms with Gasteiger partial charge in [-0.25, -0.2) is 0 Å². The highest BCUT2D eigenvalue weighted by Gasteiger charge is 2.39. The highest BCUT2D eigenvalue weighted by Crippen LogP contribution is 2.46. The first kappa shape index (κ1) is 16.6. The Kier molecular flexibility index (Phi) is 4.06. The fourth-order valence-corrected chi connectivity index (χ4v) is 3.94. The minimum atomic E-state index is -0.679. The van der Waals surface area contributed by atoms with Crippen LogP contribution in [0.4, 0.5) is 0 Å². The van der Waals surface area contributed by atoms with Crippen LogP contribution in [0.3, 0.4) is 0 Å². The van der Waals surface area contributed by atoms with E-state index < -0.39 is 5.60 Å². The van der Waals surface area contributed by atoms with Crippen LogP contribution in [0.25, 0.3) is 5.57 Å². The van der Waals surface area contributed by atoms with Gasteiger partial charge in [0.15, 0.2) is 5.60 Å². The van der Waals surface area contributed by atoms with Crippen LogP contribution in [-0.4, -0.2) is 0 Å². The number of hydrogen-bond donors (Lipinski definition) is 0. The Bertz CT molecular complexity index is 1070. The summed E-state index contributed by atoms with van der Waals surface area (Å²) in [5, 5.41) is 0. The summed E-state index contributed by atoms with van der Waals surface area (Å²) in [6.45, 7) is 0.